The third-order valence-electron chi connectivity index (χ3n) is 3.87. The van der Waals surface area contributed by atoms with Crippen molar-refractivity contribution in [2.24, 2.45) is 10.4 Å². The highest BCUT2D eigenvalue weighted by Gasteiger charge is 2.20. The van der Waals surface area contributed by atoms with E-state index in [9.17, 15) is 8.42 Å². The maximum Gasteiger partial charge on any atom is 0.193 e. The van der Waals surface area contributed by atoms with Crippen LogP contribution >= 0.6 is 11.6 Å². The van der Waals surface area contributed by atoms with Crippen molar-refractivity contribution in [1.29, 1.82) is 0 Å². The van der Waals surface area contributed by atoms with Crippen LogP contribution in [0.5, 0.6) is 0 Å². The van der Waals surface area contributed by atoms with Crippen LogP contribution in [0.2, 0.25) is 5.02 Å². The summed E-state index contributed by atoms with van der Waals surface area (Å²) in [7, 11) is -0.990. The molecule has 0 aliphatic carbocycles. The molecule has 1 aromatic carbocycles. The van der Waals surface area contributed by atoms with E-state index in [0.717, 1.165) is 23.1 Å². The monoisotopic (exact) mass is 387 g/mol. The number of benzene rings is 1. The Morgan fingerprint density at radius 2 is 1.96 bits per heavy atom. The van der Waals surface area contributed by atoms with Crippen molar-refractivity contribution in [3.63, 3.8) is 0 Å². The molecule has 0 aliphatic rings. The molecule has 0 aliphatic heterocycles. The molecular weight excluding hydrogens is 358 g/mol. The Hall–Kier alpha value is -1.27. The topological polar surface area (TPSA) is 61.8 Å². The van der Waals surface area contributed by atoms with Gasteiger partial charge in [0.05, 0.1) is 5.75 Å². The van der Waals surface area contributed by atoms with Crippen LogP contribution in [-0.2, 0) is 16.4 Å². The van der Waals surface area contributed by atoms with Gasteiger partial charge in [-0.05, 0) is 30.4 Å². The molecule has 142 valence electrons. The van der Waals surface area contributed by atoms with Crippen molar-refractivity contribution in [2.75, 3.05) is 32.1 Å². The molecule has 0 amide bonds. The molecule has 1 aromatic rings. The molecule has 0 radical (unpaired) electrons. The smallest absolute Gasteiger partial charge is 0.193 e. The summed E-state index contributed by atoms with van der Waals surface area (Å²) in [6.45, 7) is 8.06. The first-order chi connectivity index (χ1) is 11.5. The molecule has 1 N–H and O–H groups in total. The van der Waals surface area contributed by atoms with Crippen molar-refractivity contribution < 1.29 is 8.42 Å². The normalized spacial score (nSPS) is 13.0. The lowest BCUT2D eigenvalue weighted by atomic mass is 9.90. The average Bonchev–Trinajstić information content (AvgIpc) is 2.51. The van der Waals surface area contributed by atoms with Gasteiger partial charge in [0, 0.05) is 38.0 Å². The number of halogens is 1. The Morgan fingerprint density at radius 1 is 1.32 bits per heavy atom. The van der Waals surface area contributed by atoms with Gasteiger partial charge in [-0.2, -0.15) is 0 Å². The molecule has 0 unspecified atom stereocenters. The Kier molecular flexibility index (Phi) is 8.22. The maximum atomic E-state index is 11.4. The van der Waals surface area contributed by atoms with E-state index in [1.807, 2.05) is 57.0 Å². The van der Waals surface area contributed by atoms with Gasteiger partial charge in [-0.1, -0.05) is 43.6 Å². The SMILES string of the molecule is CCNC(=NCC(C)(C)CCS(C)(=O)=O)N(C)Cc1ccccc1Cl. The molecule has 5 nitrogen and oxygen atoms in total. The first-order valence-corrected chi connectivity index (χ1v) is 10.9. The molecule has 0 saturated heterocycles. The molecule has 1 rings (SSSR count). The second kappa shape index (κ2) is 9.43. The first kappa shape index (κ1) is 21.8. The van der Waals surface area contributed by atoms with E-state index in [0.29, 0.717) is 19.5 Å². The summed E-state index contributed by atoms with van der Waals surface area (Å²) in [5.41, 5.74) is 0.850. The predicted octanol–water partition coefficient (Wildman–Crippen LogP) is 3.20. The predicted molar refractivity (Wildman–Crippen MR) is 107 cm³/mol. The number of nitrogens with zero attached hydrogens (tertiary/aromatic N) is 2. The van der Waals surface area contributed by atoms with E-state index in [4.69, 9.17) is 16.6 Å². The van der Waals surface area contributed by atoms with Crippen molar-refractivity contribution in [1.82, 2.24) is 10.2 Å². The Labute approximate surface area is 157 Å². The average molecular weight is 388 g/mol. The molecule has 7 heteroatoms. The zero-order valence-electron chi connectivity index (χ0n) is 15.8. The molecule has 0 spiro atoms. The summed E-state index contributed by atoms with van der Waals surface area (Å²) in [4.78, 5) is 6.73. The molecule has 0 saturated carbocycles. The standard InChI is InChI=1S/C18H30ClN3O2S/c1-6-20-17(21-14-18(2,3)11-12-25(5,23)24)22(4)13-15-9-7-8-10-16(15)19/h7-10H,6,11-14H2,1-5H3,(H,20,21). The second-order valence-corrected chi connectivity index (χ2v) is 9.83. The molecule has 0 heterocycles. The highest BCUT2D eigenvalue weighted by molar-refractivity contribution is 7.90. The van der Waals surface area contributed by atoms with Crippen LogP contribution in [0.4, 0.5) is 0 Å². The van der Waals surface area contributed by atoms with E-state index in [1.165, 1.54) is 6.26 Å². The van der Waals surface area contributed by atoms with Gasteiger partial charge in [-0.15, -0.1) is 0 Å². The largest absolute Gasteiger partial charge is 0.357 e. The summed E-state index contributed by atoms with van der Waals surface area (Å²) >= 11 is 6.24. The van der Waals surface area contributed by atoms with Crippen LogP contribution in [0.15, 0.2) is 29.3 Å². The zero-order chi connectivity index (χ0) is 19.1. The summed E-state index contributed by atoms with van der Waals surface area (Å²) in [6, 6.07) is 7.75. The van der Waals surface area contributed by atoms with Crippen molar-refractivity contribution in [3.8, 4) is 0 Å². The number of guanidine groups is 1. The third-order valence-corrected chi connectivity index (χ3v) is 5.18. The number of aliphatic imine (C=N–C) groups is 1. The van der Waals surface area contributed by atoms with Gasteiger partial charge in [0.25, 0.3) is 0 Å². The zero-order valence-corrected chi connectivity index (χ0v) is 17.4. The lowest BCUT2D eigenvalue weighted by Gasteiger charge is -2.26. The van der Waals surface area contributed by atoms with Gasteiger partial charge in [0.2, 0.25) is 0 Å². The number of hydrogen-bond acceptors (Lipinski definition) is 3. The third kappa shape index (κ3) is 8.59. The molecular formula is C18H30ClN3O2S. The molecule has 0 bridgehead atoms. The minimum absolute atomic E-state index is 0.182. The summed E-state index contributed by atoms with van der Waals surface area (Å²) in [6.07, 6.45) is 1.86. The van der Waals surface area contributed by atoms with Gasteiger partial charge in [-0.25, -0.2) is 8.42 Å². The van der Waals surface area contributed by atoms with Gasteiger partial charge in [0.15, 0.2) is 5.96 Å². The minimum atomic E-state index is -2.96. The number of nitrogens with one attached hydrogen (secondary N) is 1. The number of sulfone groups is 1. The Bertz CT molecular complexity index is 687. The quantitative estimate of drug-likeness (QED) is 0.549. The Morgan fingerprint density at radius 3 is 2.52 bits per heavy atom. The summed E-state index contributed by atoms with van der Waals surface area (Å²) in [5, 5.41) is 4.02. The van der Waals surface area contributed by atoms with Gasteiger partial charge < -0.3 is 10.2 Å². The van der Waals surface area contributed by atoms with Crippen molar-refractivity contribution in [3.05, 3.63) is 34.9 Å². The Balaban J connectivity index is 2.80. The van der Waals surface area contributed by atoms with E-state index < -0.39 is 9.84 Å². The van der Waals surface area contributed by atoms with Crippen molar-refractivity contribution in [2.45, 2.75) is 33.7 Å². The number of hydrogen-bond donors (Lipinski definition) is 1. The van der Waals surface area contributed by atoms with E-state index >= 15 is 0 Å². The lowest BCUT2D eigenvalue weighted by molar-refractivity contribution is 0.361. The second-order valence-electron chi connectivity index (χ2n) is 7.16. The highest BCUT2D eigenvalue weighted by Crippen LogP contribution is 2.22. The first-order valence-electron chi connectivity index (χ1n) is 8.44. The molecule has 0 aromatic heterocycles. The van der Waals surface area contributed by atoms with Crippen LogP contribution in [0.25, 0.3) is 0 Å². The summed E-state index contributed by atoms with van der Waals surface area (Å²) < 4.78 is 22.8. The van der Waals surface area contributed by atoms with E-state index in [1.54, 1.807) is 0 Å². The summed E-state index contributed by atoms with van der Waals surface area (Å²) in [5.74, 6) is 0.969. The van der Waals surface area contributed by atoms with E-state index in [-0.39, 0.29) is 11.2 Å². The fraction of sp³-hybridized carbons (Fsp3) is 0.611. The van der Waals surface area contributed by atoms with Crippen LogP contribution in [0.1, 0.15) is 32.8 Å². The van der Waals surface area contributed by atoms with E-state index in [2.05, 4.69) is 5.32 Å². The maximum absolute atomic E-state index is 11.4. The molecule has 0 fully saturated rings. The van der Waals surface area contributed by atoms with Crippen molar-refractivity contribution >= 4 is 27.4 Å². The lowest BCUT2D eigenvalue weighted by Crippen LogP contribution is -2.39. The van der Waals surface area contributed by atoms with Gasteiger partial charge in [0.1, 0.15) is 9.84 Å². The molecule has 0 atom stereocenters. The van der Waals surface area contributed by atoms with Gasteiger partial charge in [-0.3, -0.25) is 4.99 Å². The minimum Gasteiger partial charge on any atom is -0.357 e. The fourth-order valence-corrected chi connectivity index (χ4v) is 3.38. The van der Waals surface area contributed by atoms with Crippen LogP contribution in [0, 0.1) is 5.41 Å². The fourth-order valence-electron chi connectivity index (χ4n) is 2.26. The van der Waals surface area contributed by atoms with Crippen LogP contribution < -0.4 is 5.32 Å². The van der Waals surface area contributed by atoms with Gasteiger partial charge >= 0.3 is 0 Å². The number of rotatable bonds is 8. The molecule has 25 heavy (non-hydrogen) atoms. The van der Waals surface area contributed by atoms with Crippen LogP contribution in [0.3, 0.4) is 0 Å². The van der Waals surface area contributed by atoms with Crippen LogP contribution in [-0.4, -0.2) is 51.4 Å². The highest BCUT2D eigenvalue weighted by atomic mass is 35.5.